The fourth-order valence-electron chi connectivity index (χ4n) is 5.78. The van der Waals surface area contributed by atoms with Crippen molar-refractivity contribution in [2.75, 3.05) is 39.9 Å². The van der Waals surface area contributed by atoms with E-state index in [1.807, 2.05) is 47.4 Å². The second-order valence-corrected chi connectivity index (χ2v) is 10.4. The Hall–Kier alpha value is -2.61. The van der Waals surface area contributed by atoms with Crippen molar-refractivity contribution in [3.05, 3.63) is 59.7 Å². The lowest BCUT2D eigenvalue weighted by Crippen LogP contribution is -2.51. The van der Waals surface area contributed by atoms with Gasteiger partial charge in [0.05, 0.1) is 11.7 Å². The molecule has 0 spiro atoms. The molecule has 2 aliphatic heterocycles. The predicted octanol–water partition coefficient (Wildman–Crippen LogP) is 4.94. The lowest BCUT2D eigenvalue weighted by Gasteiger charge is -2.44. The van der Waals surface area contributed by atoms with Crippen molar-refractivity contribution in [3.63, 3.8) is 0 Å². The molecular weight excluding hydrogens is 468 g/mol. The van der Waals surface area contributed by atoms with Crippen LogP contribution in [-0.4, -0.2) is 72.0 Å². The third kappa shape index (κ3) is 6.46. The van der Waals surface area contributed by atoms with Gasteiger partial charge in [-0.2, -0.15) is 0 Å². The number of para-hydroxylation sites is 2. The predicted molar refractivity (Wildman–Crippen MR) is 144 cm³/mol. The summed E-state index contributed by atoms with van der Waals surface area (Å²) in [5.41, 5.74) is 0.729. The molecule has 2 amide bonds. The van der Waals surface area contributed by atoms with Crippen LogP contribution in [0.4, 0.5) is 4.79 Å². The first-order valence-electron chi connectivity index (χ1n) is 13.7. The van der Waals surface area contributed by atoms with Crippen molar-refractivity contribution in [3.8, 4) is 11.5 Å². The number of nitrogens with zero attached hydrogens (tertiary/aromatic N) is 2. The van der Waals surface area contributed by atoms with E-state index in [0.29, 0.717) is 51.4 Å². The van der Waals surface area contributed by atoms with Gasteiger partial charge in [0.2, 0.25) is 0 Å². The van der Waals surface area contributed by atoms with Gasteiger partial charge in [0.15, 0.2) is 0 Å². The number of methoxy groups -OCH3 is 1. The van der Waals surface area contributed by atoms with Gasteiger partial charge in [-0.3, -0.25) is 0 Å². The van der Waals surface area contributed by atoms with E-state index < -0.39 is 11.7 Å². The van der Waals surface area contributed by atoms with Gasteiger partial charge in [-0.1, -0.05) is 43.3 Å². The number of ether oxygens (including phenoxy) is 2. The van der Waals surface area contributed by atoms with E-state index in [1.165, 1.54) is 0 Å². The third-order valence-corrected chi connectivity index (χ3v) is 7.88. The van der Waals surface area contributed by atoms with Crippen LogP contribution in [-0.2, 0) is 16.8 Å². The Morgan fingerprint density at radius 2 is 1.73 bits per heavy atom. The van der Waals surface area contributed by atoms with Gasteiger partial charge in [0.1, 0.15) is 11.5 Å². The normalized spacial score (nSPS) is 21.6. The average Bonchev–Trinajstić information content (AvgIpc) is 3.37. The summed E-state index contributed by atoms with van der Waals surface area (Å²) in [6.07, 6.45) is 4.89. The highest BCUT2D eigenvalue weighted by Gasteiger charge is 2.43. The number of hydrogen-bond acceptors (Lipinski definition) is 5. The number of aryl methyl sites for hydroxylation is 1. The molecular formula is C30H42N2O5. The second kappa shape index (κ2) is 12.8. The Bertz CT molecular complexity index is 1030. The highest BCUT2D eigenvalue weighted by molar-refractivity contribution is 5.75. The quantitative estimate of drug-likeness (QED) is 0.442. The number of hydrogen-bond donors (Lipinski definition) is 2. The lowest BCUT2D eigenvalue weighted by molar-refractivity contribution is -0.0587. The summed E-state index contributed by atoms with van der Waals surface area (Å²) in [4.78, 5) is 16.9. The zero-order valence-corrected chi connectivity index (χ0v) is 22.3. The highest BCUT2D eigenvalue weighted by Crippen LogP contribution is 2.44. The molecule has 2 aliphatic rings. The summed E-state index contributed by atoms with van der Waals surface area (Å²) in [7, 11) is 1.69. The first-order chi connectivity index (χ1) is 18.0. The van der Waals surface area contributed by atoms with Crippen LogP contribution in [0.3, 0.4) is 0 Å². The molecule has 7 heteroatoms. The zero-order chi connectivity index (χ0) is 26.3. The molecule has 37 heavy (non-hydrogen) atoms. The topological polar surface area (TPSA) is 82.5 Å². The molecule has 2 saturated heterocycles. The molecule has 2 heterocycles. The van der Waals surface area contributed by atoms with E-state index in [-0.39, 0.29) is 11.9 Å². The number of aliphatic hydroxyl groups excluding tert-OH is 1. The molecule has 2 aromatic rings. The van der Waals surface area contributed by atoms with Gasteiger partial charge < -0.3 is 29.5 Å². The Kier molecular flexibility index (Phi) is 9.46. The average molecular weight is 511 g/mol. The molecule has 3 atom stereocenters. The fourth-order valence-corrected chi connectivity index (χ4v) is 5.78. The fraction of sp³-hybridized carbons (Fsp3) is 0.567. The molecule has 0 saturated carbocycles. The summed E-state index contributed by atoms with van der Waals surface area (Å²) in [5.74, 6) is 1.32. The Morgan fingerprint density at radius 3 is 2.46 bits per heavy atom. The second-order valence-electron chi connectivity index (χ2n) is 10.4. The number of piperidine rings is 1. The van der Waals surface area contributed by atoms with Gasteiger partial charge in [0.25, 0.3) is 0 Å². The minimum Gasteiger partial charge on any atom is -0.457 e. The zero-order valence-electron chi connectivity index (χ0n) is 22.3. The molecule has 4 rings (SSSR count). The molecule has 0 bridgehead atoms. The van der Waals surface area contributed by atoms with Crippen LogP contribution in [0.2, 0.25) is 0 Å². The number of amides is 2. The van der Waals surface area contributed by atoms with Crippen molar-refractivity contribution in [1.29, 1.82) is 0 Å². The number of carbonyl (C=O) groups is 1. The van der Waals surface area contributed by atoms with Crippen molar-refractivity contribution in [2.24, 2.45) is 5.92 Å². The Labute approximate surface area is 221 Å². The molecule has 0 unspecified atom stereocenters. The van der Waals surface area contributed by atoms with Crippen LogP contribution in [0.15, 0.2) is 48.5 Å². The number of benzene rings is 2. The first-order valence-corrected chi connectivity index (χ1v) is 13.7. The Morgan fingerprint density at radius 1 is 1.00 bits per heavy atom. The number of rotatable bonds is 10. The minimum absolute atomic E-state index is 0.0376. The Balaban J connectivity index is 1.62. The number of β-amino-alcohol motifs (C(OH)–C–C–N with tert-alkyl or cyclic N) is 1. The summed E-state index contributed by atoms with van der Waals surface area (Å²) < 4.78 is 11.7. The van der Waals surface area contributed by atoms with Gasteiger partial charge in [0, 0.05) is 51.4 Å². The highest BCUT2D eigenvalue weighted by atomic mass is 16.5. The summed E-state index contributed by atoms with van der Waals surface area (Å²) in [5, 5.41) is 22.4. The van der Waals surface area contributed by atoms with Crippen LogP contribution < -0.4 is 4.74 Å². The summed E-state index contributed by atoms with van der Waals surface area (Å²) in [6.45, 7) is 4.86. The van der Waals surface area contributed by atoms with Crippen LogP contribution in [0, 0.1) is 5.92 Å². The number of likely N-dealkylation sites (tertiary alicyclic amines) is 2. The molecule has 2 fully saturated rings. The number of aliphatic hydroxyl groups is 2. The van der Waals surface area contributed by atoms with Crippen LogP contribution in [0.1, 0.15) is 56.6 Å². The summed E-state index contributed by atoms with van der Waals surface area (Å²) >= 11 is 0. The molecule has 7 nitrogen and oxygen atoms in total. The SMILES string of the molecule is CCc1ccccc1Oc1ccccc1[C@](O)(CCCCOC)[C@@H]1CCCN(C(=O)N2CC[C@@H](O)C2)C1. The van der Waals surface area contributed by atoms with Crippen molar-refractivity contribution in [1.82, 2.24) is 9.80 Å². The minimum atomic E-state index is -1.16. The number of carbonyl (C=O) groups excluding carboxylic acids is 1. The monoisotopic (exact) mass is 510 g/mol. The van der Waals surface area contributed by atoms with Crippen LogP contribution >= 0.6 is 0 Å². The van der Waals surface area contributed by atoms with Crippen molar-refractivity contribution < 1.29 is 24.5 Å². The lowest BCUT2D eigenvalue weighted by atomic mass is 9.73. The van der Waals surface area contributed by atoms with E-state index in [4.69, 9.17) is 9.47 Å². The largest absolute Gasteiger partial charge is 0.457 e. The van der Waals surface area contributed by atoms with E-state index >= 15 is 0 Å². The van der Waals surface area contributed by atoms with Crippen molar-refractivity contribution in [2.45, 2.75) is 63.6 Å². The van der Waals surface area contributed by atoms with Crippen LogP contribution in [0.25, 0.3) is 0 Å². The first kappa shape index (κ1) is 27.4. The molecule has 2 N–H and O–H groups in total. The maximum absolute atomic E-state index is 13.3. The number of unbranched alkanes of at least 4 members (excludes halogenated alkanes) is 1. The van der Waals surface area contributed by atoms with Gasteiger partial charge >= 0.3 is 6.03 Å². The van der Waals surface area contributed by atoms with Gasteiger partial charge in [-0.15, -0.1) is 0 Å². The van der Waals surface area contributed by atoms with E-state index in [2.05, 4.69) is 13.0 Å². The smallest absolute Gasteiger partial charge is 0.320 e. The molecule has 202 valence electrons. The van der Waals surface area contributed by atoms with E-state index in [0.717, 1.165) is 49.0 Å². The van der Waals surface area contributed by atoms with Crippen molar-refractivity contribution >= 4 is 6.03 Å². The molecule has 0 aliphatic carbocycles. The maximum atomic E-state index is 13.3. The molecule has 0 radical (unpaired) electrons. The van der Waals surface area contributed by atoms with Gasteiger partial charge in [-0.25, -0.2) is 4.79 Å². The van der Waals surface area contributed by atoms with E-state index in [9.17, 15) is 15.0 Å². The van der Waals surface area contributed by atoms with Gasteiger partial charge in [-0.05, 0) is 62.6 Å². The number of urea groups is 1. The molecule has 0 aromatic heterocycles. The van der Waals surface area contributed by atoms with E-state index in [1.54, 1.807) is 12.0 Å². The summed E-state index contributed by atoms with van der Waals surface area (Å²) in [6, 6.07) is 15.8. The standard InChI is InChI=1S/C30H42N2O5/c1-3-23-11-4-6-14-27(23)37-28-15-7-5-13-26(28)30(35,17-8-9-20-36-2)24-12-10-18-31(21-24)29(34)32-19-16-25(33)22-32/h4-7,11,13-15,24-25,33,35H,3,8-10,12,16-22H2,1-2H3/t24-,25-,30+/m1/s1. The van der Waals surface area contributed by atoms with Crippen LogP contribution in [0.5, 0.6) is 11.5 Å². The third-order valence-electron chi connectivity index (χ3n) is 7.88. The maximum Gasteiger partial charge on any atom is 0.320 e. The molecule has 2 aromatic carbocycles.